The quantitative estimate of drug-likeness (QED) is 0.814. The first-order valence-corrected chi connectivity index (χ1v) is 9.24. The Balaban J connectivity index is 2.15. The molecule has 0 saturated carbocycles. The van der Waals surface area contributed by atoms with Crippen molar-refractivity contribution in [2.45, 2.75) is 47.6 Å². The second kappa shape index (κ2) is 7.03. The first-order chi connectivity index (χ1) is 12.7. The van der Waals surface area contributed by atoms with Gasteiger partial charge in [0.1, 0.15) is 5.70 Å². The van der Waals surface area contributed by atoms with Crippen LogP contribution >= 0.6 is 0 Å². The zero-order valence-corrected chi connectivity index (χ0v) is 16.8. The average molecular weight is 362 g/mol. The monoisotopic (exact) mass is 362 g/mol. The molecule has 1 aliphatic heterocycles. The molecular formula is C23H26N2O2. The van der Waals surface area contributed by atoms with Crippen LogP contribution < -0.4 is 5.32 Å². The molecule has 2 amide bonds. The summed E-state index contributed by atoms with van der Waals surface area (Å²) in [6.07, 6.45) is 0. The molecule has 1 aliphatic rings. The number of amides is 2. The fourth-order valence-electron chi connectivity index (χ4n) is 3.49. The molecule has 4 heteroatoms. The van der Waals surface area contributed by atoms with E-state index >= 15 is 0 Å². The molecule has 0 bridgehead atoms. The van der Waals surface area contributed by atoms with Crippen LogP contribution in [0.5, 0.6) is 0 Å². The number of nitrogens with zero attached hydrogens (tertiary/aromatic N) is 1. The van der Waals surface area contributed by atoms with Crippen molar-refractivity contribution in [1.82, 2.24) is 4.90 Å². The standard InChI is InChI=1S/C23H26N2O2/c1-13(2)25-22(26)20(18-8-7-16(5)17(6)12-18)21(23(25)27)24-19-10-14(3)9-15(4)11-19/h7-13,24H,1-6H3. The lowest BCUT2D eigenvalue weighted by Crippen LogP contribution is -2.38. The van der Waals surface area contributed by atoms with Crippen molar-refractivity contribution in [3.63, 3.8) is 0 Å². The molecule has 140 valence electrons. The summed E-state index contributed by atoms with van der Waals surface area (Å²) in [5, 5.41) is 3.24. The molecule has 2 aromatic rings. The van der Waals surface area contributed by atoms with E-state index in [1.54, 1.807) is 0 Å². The van der Waals surface area contributed by atoms with Gasteiger partial charge in [-0.05, 0) is 81.5 Å². The second-order valence-corrected chi connectivity index (χ2v) is 7.62. The van der Waals surface area contributed by atoms with Gasteiger partial charge in [-0.25, -0.2) is 0 Å². The van der Waals surface area contributed by atoms with Gasteiger partial charge < -0.3 is 5.32 Å². The minimum atomic E-state index is -0.276. The van der Waals surface area contributed by atoms with Crippen LogP contribution in [0.2, 0.25) is 0 Å². The van der Waals surface area contributed by atoms with Crippen molar-refractivity contribution in [3.05, 3.63) is 69.9 Å². The summed E-state index contributed by atoms with van der Waals surface area (Å²) < 4.78 is 0. The van der Waals surface area contributed by atoms with Gasteiger partial charge in [0.15, 0.2) is 0 Å². The van der Waals surface area contributed by atoms with Gasteiger partial charge >= 0.3 is 0 Å². The summed E-state index contributed by atoms with van der Waals surface area (Å²) in [7, 11) is 0. The Hall–Kier alpha value is -2.88. The zero-order chi connectivity index (χ0) is 19.9. The molecule has 0 fully saturated rings. The number of carbonyl (C=O) groups excluding carboxylic acids is 2. The van der Waals surface area contributed by atoms with E-state index in [9.17, 15) is 9.59 Å². The van der Waals surface area contributed by atoms with E-state index in [2.05, 4.69) is 11.4 Å². The van der Waals surface area contributed by atoms with Gasteiger partial charge in [-0.15, -0.1) is 0 Å². The Labute approximate surface area is 160 Å². The first-order valence-electron chi connectivity index (χ1n) is 9.24. The number of hydrogen-bond acceptors (Lipinski definition) is 3. The first kappa shape index (κ1) is 18.9. The van der Waals surface area contributed by atoms with Gasteiger partial charge in [0.05, 0.1) is 5.57 Å². The molecule has 1 N–H and O–H groups in total. The molecule has 27 heavy (non-hydrogen) atoms. The third-order valence-electron chi connectivity index (χ3n) is 4.92. The summed E-state index contributed by atoms with van der Waals surface area (Å²) in [5.41, 5.74) is 6.82. The Morgan fingerprint density at radius 1 is 0.815 bits per heavy atom. The van der Waals surface area contributed by atoms with Crippen LogP contribution in [-0.2, 0) is 9.59 Å². The molecule has 1 heterocycles. The van der Waals surface area contributed by atoms with E-state index in [1.807, 2.05) is 71.9 Å². The van der Waals surface area contributed by atoms with E-state index in [4.69, 9.17) is 0 Å². The van der Waals surface area contributed by atoms with Gasteiger partial charge in [0.25, 0.3) is 11.8 Å². The number of anilines is 1. The highest BCUT2D eigenvalue weighted by molar-refractivity contribution is 6.36. The van der Waals surface area contributed by atoms with Crippen molar-refractivity contribution < 1.29 is 9.59 Å². The lowest BCUT2D eigenvalue weighted by Gasteiger charge is -2.19. The van der Waals surface area contributed by atoms with Crippen molar-refractivity contribution >= 4 is 23.1 Å². The molecule has 0 radical (unpaired) electrons. The maximum Gasteiger partial charge on any atom is 0.278 e. The molecule has 0 unspecified atom stereocenters. The number of rotatable bonds is 4. The summed E-state index contributed by atoms with van der Waals surface area (Å²) >= 11 is 0. The summed E-state index contributed by atoms with van der Waals surface area (Å²) in [5.74, 6) is -0.521. The zero-order valence-electron chi connectivity index (χ0n) is 16.8. The number of nitrogens with one attached hydrogen (secondary N) is 1. The highest BCUT2D eigenvalue weighted by atomic mass is 16.2. The van der Waals surface area contributed by atoms with E-state index in [-0.39, 0.29) is 17.9 Å². The van der Waals surface area contributed by atoms with Gasteiger partial charge in [-0.1, -0.05) is 24.3 Å². The van der Waals surface area contributed by atoms with Crippen LogP contribution in [0.3, 0.4) is 0 Å². The maximum absolute atomic E-state index is 13.1. The predicted octanol–water partition coefficient (Wildman–Crippen LogP) is 4.52. The third kappa shape index (κ3) is 3.52. The van der Waals surface area contributed by atoms with Gasteiger partial charge in [-0.3, -0.25) is 14.5 Å². The van der Waals surface area contributed by atoms with Crippen LogP contribution in [0, 0.1) is 27.7 Å². The number of imide groups is 1. The van der Waals surface area contributed by atoms with Gasteiger partial charge in [0, 0.05) is 11.7 Å². The molecule has 0 spiro atoms. The number of hydrogen-bond donors (Lipinski definition) is 1. The highest BCUT2D eigenvalue weighted by Gasteiger charge is 2.40. The smallest absolute Gasteiger partial charge is 0.278 e. The van der Waals surface area contributed by atoms with Crippen LogP contribution in [0.4, 0.5) is 5.69 Å². The van der Waals surface area contributed by atoms with Crippen LogP contribution in [0.1, 0.15) is 41.7 Å². The Kier molecular flexibility index (Phi) is 4.92. The molecule has 2 aromatic carbocycles. The van der Waals surface area contributed by atoms with Crippen LogP contribution in [-0.4, -0.2) is 22.8 Å². The minimum absolute atomic E-state index is 0.204. The van der Waals surface area contributed by atoms with E-state index in [0.717, 1.165) is 33.5 Å². The molecule has 0 aromatic heterocycles. The third-order valence-corrected chi connectivity index (χ3v) is 4.92. The molecule has 0 aliphatic carbocycles. The van der Waals surface area contributed by atoms with E-state index < -0.39 is 0 Å². The lowest BCUT2D eigenvalue weighted by atomic mass is 9.99. The maximum atomic E-state index is 13.1. The van der Waals surface area contributed by atoms with Gasteiger partial charge in [0.2, 0.25) is 0 Å². The van der Waals surface area contributed by atoms with Crippen molar-refractivity contribution in [2.24, 2.45) is 0 Å². The average Bonchev–Trinajstić information content (AvgIpc) is 2.80. The van der Waals surface area contributed by atoms with Crippen molar-refractivity contribution in [2.75, 3.05) is 5.32 Å². The fourth-order valence-corrected chi connectivity index (χ4v) is 3.49. The summed E-state index contributed by atoms with van der Waals surface area (Å²) in [6, 6.07) is 11.7. The summed E-state index contributed by atoms with van der Waals surface area (Å²) in [6.45, 7) is 11.8. The van der Waals surface area contributed by atoms with Gasteiger partial charge in [-0.2, -0.15) is 0 Å². The highest BCUT2D eigenvalue weighted by Crippen LogP contribution is 2.32. The lowest BCUT2D eigenvalue weighted by molar-refractivity contribution is -0.138. The number of benzene rings is 2. The Bertz CT molecular complexity index is 950. The molecule has 0 atom stereocenters. The molecule has 3 rings (SSSR count). The minimum Gasteiger partial charge on any atom is -0.350 e. The van der Waals surface area contributed by atoms with Crippen LogP contribution in [0.15, 0.2) is 42.1 Å². The fraction of sp³-hybridized carbons (Fsp3) is 0.304. The topological polar surface area (TPSA) is 49.4 Å². The second-order valence-electron chi connectivity index (χ2n) is 7.62. The normalized spacial score (nSPS) is 14.6. The largest absolute Gasteiger partial charge is 0.350 e. The SMILES string of the molecule is Cc1cc(C)cc(NC2=C(c3ccc(C)c(C)c3)C(=O)N(C(C)C)C2=O)c1. The summed E-state index contributed by atoms with van der Waals surface area (Å²) in [4.78, 5) is 27.5. The van der Waals surface area contributed by atoms with E-state index in [1.165, 1.54) is 4.90 Å². The number of carbonyl (C=O) groups is 2. The van der Waals surface area contributed by atoms with Crippen LogP contribution in [0.25, 0.3) is 5.57 Å². The Morgan fingerprint density at radius 2 is 1.44 bits per heavy atom. The Morgan fingerprint density at radius 3 is 2.00 bits per heavy atom. The van der Waals surface area contributed by atoms with E-state index in [0.29, 0.717) is 11.3 Å². The van der Waals surface area contributed by atoms with Crippen molar-refractivity contribution in [1.29, 1.82) is 0 Å². The predicted molar refractivity (Wildman–Crippen MR) is 109 cm³/mol. The molecular weight excluding hydrogens is 336 g/mol. The number of aryl methyl sites for hydroxylation is 4. The molecule has 0 saturated heterocycles. The van der Waals surface area contributed by atoms with Crippen molar-refractivity contribution in [3.8, 4) is 0 Å². The molecule has 4 nitrogen and oxygen atoms in total.